The number of methoxy groups -OCH3 is 1. The molecule has 0 aliphatic heterocycles. The van der Waals surface area contributed by atoms with Crippen LogP contribution in [0.1, 0.15) is 10.4 Å². The molecule has 0 unspecified atom stereocenters. The first kappa shape index (κ1) is 11.8. The maximum atomic E-state index is 13.4. The highest BCUT2D eigenvalue weighted by Gasteiger charge is 2.16. The zero-order valence-corrected chi connectivity index (χ0v) is 10.2. The summed E-state index contributed by atoms with van der Waals surface area (Å²) in [4.78, 5) is 22.7. The Morgan fingerprint density at radius 1 is 1.47 bits per heavy atom. The van der Waals surface area contributed by atoms with Crippen LogP contribution in [0.5, 0.6) is 0 Å². The summed E-state index contributed by atoms with van der Waals surface area (Å²) < 4.78 is 23.1. The molecule has 2 rings (SSSR count). The molecule has 0 amide bonds. The Morgan fingerprint density at radius 3 is 2.82 bits per heavy atom. The Balaban J connectivity index is 2.85. The fraction of sp³-hybridized carbons (Fsp3) is 0.0909. The van der Waals surface area contributed by atoms with Crippen molar-refractivity contribution in [3.63, 3.8) is 0 Å². The van der Waals surface area contributed by atoms with E-state index in [4.69, 9.17) is 4.42 Å². The van der Waals surface area contributed by atoms with E-state index >= 15 is 0 Å². The number of ether oxygens (including phenoxy) is 1. The highest BCUT2D eigenvalue weighted by molar-refractivity contribution is 9.10. The second kappa shape index (κ2) is 4.29. The van der Waals surface area contributed by atoms with E-state index in [1.54, 1.807) is 0 Å². The predicted octanol–water partition coefficient (Wildman–Crippen LogP) is 2.48. The largest absolute Gasteiger partial charge is 0.465 e. The zero-order valence-electron chi connectivity index (χ0n) is 8.62. The summed E-state index contributed by atoms with van der Waals surface area (Å²) in [7, 11) is 1.15. The van der Waals surface area contributed by atoms with E-state index < -0.39 is 17.4 Å². The summed E-state index contributed by atoms with van der Waals surface area (Å²) in [5.41, 5.74) is -1.40. The van der Waals surface area contributed by atoms with Crippen LogP contribution in [0.25, 0.3) is 11.0 Å². The molecule has 4 nitrogen and oxygen atoms in total. The average molecular weight is 301 g/mol. The standard InChI is InChI=1S/C11H6BrFO4/c1-16-10(14)6-4-5-7(12)2-3-8(13)9(5)17-11(6)15/h2-4H,1H3. The monoisotopic (exact) mass is 300 g/mol. The van der Waals surface area contributed by atoms with Crippen molar-refractivity contribution in [1.29, 1.82) is 0 Å². The van der Waals surface area contributed by atoms with Gasteiger partial charge in [0.2, 0.25) is 0 Å². The molecule has 0 saturated carbocycles. The van der Waals surface area contributed by atoms with Crippen LogP contribution in [0.2, 0.25) is 0 Å². The van der Waals surface area contributed by atoms with Gasteiger partial charge in [0, 0.05) is 9.86 Å². The lowest BCUT2D eigenvalue weighted by Crippen LogP contribution is -2.15. The van der Waals surface area contributed by atoms with E-state index in [9.17, 15) is 14.0 Å². The molecule has 0 fully saturated rings. The number of esters is 1. The Hall–Kier alpha value is -1.69. The molecule has 0 radical (unpaired) electrons. The van der Waals surface area contributed by atoms with Crippen LogP contribution in [0, 0.1) is 5.82 Å². The predicted molar refractivity (Wildman–Crippen MR) is 61.5 cm³/mol. The number of fused-ring (bicyclic) bond motifs is 1. The number of hydrogen-bond donors (Lipinski definition) is 0. The molecule has 17 heavy (non-hydrogen) atoms. The lowest BCUT2D eigenvalue weighted by Gasteiger charge is -2.03. The van der Waals surface area contributed by atoms with E-state index in [0.717, 1.165) is 13.2 Å². The topological polar surface area (TPSA) is 56.5 Å². The fourth-order valence-electron chi connectivity index (χ4n) is 1.39. The van der Waals surface area contributed by atoms with Gasteiger partial charge in [0.25, 0.3) is 0 Å². The normalized spacial score (nSPS) is 10.5. The van der Waals surface area contributed by atoms with E-state index in [1.807, 2.05) is 0 Å². The summed E-state index contributed by atoms with van der Waals surface area (Å²) >= 11 is 3.18. The van der Waals surface area contributed by atoms with Gasteiger partial charge in [0.05, 0.1) is 7.11 Å². The Labute approximate surface area is 103 Å². The third-order valence-corrected chi connectivity index (χ3v) is 2.89. The van der Waals surface area contributed by atoms with Gasteiger partial charge >= 0.3 is 11.6 Å². The number of benzene rings is 1. The first-order valence-electron chi connectivity index (χ1n) is 4.54. The average Bonchev–Trinajstić information content (AvgIpc) is 2.32. The SMILES string of the molecule is COC(=O)c1cc2c(Br)ccc(F)c2oc1=O. The van der Waals surface area contributed by atoms with Crippen molar-refractivity contribution in [3.05, 3.63) is 44.5 Å². The van der Waals surface area contributed by atoms with E-state index in [0.29, 0.717) is 9.86 Å². The second-order valence-corrected chi connectivity index (χ2v) is 4.07. The molecule has 0 bridgehead atoms. The molecular formula is C11H6BrFO4. The van der Waals surface area contributed by atoms with Crippen molar-refractivity contribution >= 4 is 32.9 Å². The third-order valence-electron chi connectivity index (χ3n) is 2.20. The van der Waals surface area contributed by atoms with E-state index in [1.165, 1.54) is 12.1 Å². The highest BCUT2D eigenvalue weighted by Crippen LogP contribution is 2.25. The maximum Gasteiger partial charge on any atom is 0.351 e. The number of hydrogen-bond acceptors (Lipinski definition) is 4. The van der Waals surface area contributed by atoms with Gasteiger partial charge in [-0.1, -0.05) is 15.9 Å². The van der Waals surface area contributed by atoms with Gasteiger partial charge in [0.15, 0.2) is 11.4 Å². The van der Waals surface area contributed by atoms with Crippen LogP contribution in [0.4, 0.5) is 4.39 Å². The van der Waals surface area contributed by atoms with Gasteiger partial charge in [0.1, 0.15) is 5.56 Å². The van der Waals surface area contributed by atoms with Gasteiger partial charge in [-0.2, -0.15) is 0 Å². The zero-order chi connectivity index (χ0) is 12.6. The van der Waals surface area contributed by atoms with Gasteiger partial charge in [-0.3, -0.25) is 0 Å². The Bertz CT molecular complexity index is 662. The molecule has 0 atom stereocenters. The molecule has 0 saturated heterocycles. The van der Waals surface area contributed by atoms with Crippen LogP contribution in [-0.4, -0.2) is 13.1 Å². The lowest BCUT2D eigenvalue weighted by atomic mass is 10.2. The quantitative estimate of drug-likeness (QED) is 0.600. The Morgan fingerprint density at radius 2 is 2.18 bits per heavy atom. The van der Waals surface area contributed by atoms with Crippen molar-refractivity contribution in [2.75, 3.05) is 7.11 Å². The van der Waals surface area contributed by atoms with Crippen molar-refractivity contribution in [3.8, 4) is 0 Å². The molecule has 88 valence electrons. The Kier molecular flexibility index (Phi) is 2.97. The summed E-state index contributed by atoms with van der Waals surface area (Å²) in [6.07, 6.45) is 0. The molecule has 0 N–H and O–H groups in total. The first-order chi connectivity index (χ1) is 8.04. The molecule has 0 spiro atoms. The fourth-order valence-corrected chi connectivity index (χ4v) is 1.82. The van der Waals surface area contributed by atoms with Gasteiger partial charge in [-0.25, -0.2) is 14.0 Å². The first-order valence-corrected chi connectivity index (χ1v) is 5.34. The van der Waals surface area contributed by atoms with Crippen molar-refractivity contribution in [2.24, 2.45) is 0 Å². The minimum absolute atomic E-state index is 0.197. The lowest BCUT2D eigenvalue weighted by molar-refractivity contribution is 0.0596. The molecular weight excluding hydrogens is 295 g/mol. The maximum absolute atomic E-state index is 13.4. The molecule has 0 aliphatic rings. The van der Waals surface area contributed by atoms with Crippen LogP contribution in [0.3, 0.4) is 0 Å². The van der Waals surface area contributed by atoms with E-state index in [-0.39, 0.29) is 11.1 Å². The van der Waals surface area contributed by atoms with Crippen LogP contribution in [0.15, 0.2) is 31.9 Å². The van der Waals surface area contributed by atoms with Gasteiger partial charge < -0.3 is 9.15 Å². The van der Waals surface area contributed by atoms with Crippen LogP contribution in [-0.2, 0) is 4.74 Å². The minimum Gasteiger partial charge on any atom is -0.465 e. The molecule has 1 heterocycles. The van der Waals surface area contributed by atoms with Crippen LogP contribution < -0.4 is 5.63 Å². The van der Waals surface area contributed by atoms with Crippen LogP contribution >= 0.6 is 15.9 Å². The highest BCUT2D eigenvalue weighted by atomic mass is 79.9. The number of carbonyl (C=O) groups excluding carboxylic acids is 1. The number of halogens is 2. The smallest absolute Gasteiger partial charge is 0.351 e. The van der Waals surface area contributed by atoms with E-state index in [2.05, 4.69) is 20.7 Å². The number of carbonyl (C=O) groups is 1. The minimum atomic E-state index is -0.929. The molecule has 2 aromatic rings. The molecule has 6 heteroatoms. The molecule has 1 aromatic carbocycles. The van der Waals surface area contributed by atoms with Gasteiger partial charge in [-0.05, 0) is 18.2 Å². The summed E-state index contributed by atoms with van der Waals surface area (Å²) in [5.74, 6) is -1.49. The summed E-state index contributed by atoms with van der Waals surface area (Å²) in [6, 6.07) is 3.85. The van der Waals surface area contributed by atoms with Crippen molar-refractivity contribution in [2.45, 2.75) is 0 Å². The molecule has 0 aliphatic carbocycles. The third kappa shape index (κ3) is 1.95. The second-order valence-electron chi connectivity index (χ2n) is 3.21. The summed E-state index contributed by atoms with van der Waals surface area (Å²) in [5, 5.41) is 0.296. The van der Waals surface area contributed by atoms with Crippen molar-refractivity contribution in [1.82, 2.24) is 0 Å². The summed E-state index contributed by atoms with van der Waals surface area (Å²) in [6.45, 7) is 0. The number of rotatable bonds is 1. The molecule has 1 aromatic heterocycles. The van der Waals surface area contributed by atoms with Gasteiger partial charge in [-0.15, -0.1) is 0 Å². The van der Waals surface area contributed by atoms with Crippen molar-refractivity contribution < 1.29 is 18.3 Å².